The zero-order chi connectivity index (χ0) is 30.7. The van der Waals surface area contributed by atoms with Crippen LogP contribution in [0, 0.1) is 13.8 Å². The van der Waals surface area contributed by atoms with Crippen LogP contribution in [-0.2, 0) is 26.0 Å². The largest absolute Gasteiger partial charge is 0.484 e. The highest BCUT2D eigenvalue weighted by Crippen LogP contribution is 2.28. The van der Waals surface area contributed by atoms with E-state index >= 15 is 0 Å². The molecule has 0 heterocycles. The fourth-order valence-corrected chi connectivity index (χ4v) is 5.71. The van der Waals surface area contributed by atoms with Crippen molar-refractivity contribution < 1.29 is 22.7 Å². The molecule has 0 atom stereocenters. The summed E-state index contributed by atoms with van der Waals surface area (Å²) in [6.45, 7) is 3.66. The zero-order valence-corrected chi connectivity index (χ0v) is 24.9. The third-order valence-electron chi connectivity index (χ3n) is 6.69. The third-order valence-corrected chi connectivity index (χ3v) is 8.47. The molecule has 43 heavy (non-hydrogen) atoms. The molecule has 0 aromatic heterocycles. The Morgan fingerprint density at radius 3 is 2.21 bits per heavy atom. The summed E-state index contributed by atoms with van der Waals surface area (Å²) in [5, 5.41) is 6.83. The van der Waals surface area contributed by atoms with E-state index in [9.17, 15) is 18.0 Å². The molecule has 10 heteroatoms. The molecule has 0 bridgehead atoms. The van der Waals surface area contributed by atoms with Gasteiger partial charge in [0.2, 0.25) is 0 Å². The minimum Gasteiger partial charge on any atom is -0.484 e. The number of benzene rings is 4. The maximum absolute atomic E-state index is 13.5. The molecule has 0 aliphatic rings. The standard InChI is InChI=1S/C33H34N4O5S/c1-25-10-9-15-31(26(25)2)37(43(40,41)30-13-7-4-8-14-30)23-32(38)36-35-22-28-16-18-29(19-17-28)42-24-33(39)34-21-20-27-11-5-3-6-12-27/h3-19,22H,20-21,23-24H2,1-2H3,(H,34,39)(H,36,38)/b35-22+. The van der Waals surface area contributed by atoms with Crippen molar-refractivity contribution in [3.05, 3.63) is 125 Å². The number of nitrogens with one attached hydrogen (secondary N) is 2. The summed E-state index contributed by atoms with van der Waals surface area (Å²) in [6, 6.07) is 30.0. The number of rotatable bonds is 13. The quantitative estimate of drug-likeness (QED) is 0.175. The van der Waals surface area contributed by atoms with Gasteiger partial charge in [-0.05, 0) is 85.0 Å². The second-order valence-electron chi connectivity index (χ2n) is 9.78. The Labute approximate surface area is 252 Å². The first kappa shape index (κ1) is 31.0. The molecule has 0 unspecified atom stereocenters. The first-order chi connectivity index (χ1) is 20.7. The van der Waals surface area contributed by atoms with Crippen LogP contribution >= 0.6 is 0 Å². The average Bonchev–Trinajstić information content (AvgIpc) is 3.02. The Morgan fingerprint density at radius 1 is 0.837 bits per heavy atom. The van der Waals surface area contributed by atoms with Crippen LogP contribution in [0.25, 0.3) is 0 Å². The van der Waals surface area contributed by atoms with Crippen molar-refractivity contribution >= 4 is 33.7 Å². The number of carbonyl (C=O) groups excluding carboxylic acids is 2. The molecule has 4 aromatic rings. The lowest BCUT2D eigenvalue weighted by Gasteiger charge is -2.26. The lowest BCUT2D eigenvalue weighted by atomic mass is 10.1. The first-order valence-electron chi connectivity index (χ1n) is 13.7. The predicted octanol–water partition coefficient (Wildman–Crippen LogP) is 4.39. The van der Waals surface area contributed by atoms with E-state index < -0.39 is 22.5 Å². The second kappa shape index (κ2) is 14.8. The van der Waals surface area contributed by atoms with E-state index in [1.54, 1.807) is 54.6 Å². The normalized spacial score (nSPS) is 11.2. The lowest BCUT2D eigenvalue weighted by molar-refractivity contribution is -0.123. The van der Waals surface area contributed by atoms with Crippen LogP contribution in [0.2, 0.25) is 0 Å². The van der Waals surface area contributed by atoms with Crippen LogP contribution in [0.4, 0.5) is 5.69 Å². The van der Waals surface area contributed by atoms with Crippen LogP contribution in [0.15, 0.2) is 113 Å². The van der Waals surface area contributed by atoms with Gasteiger partial charge in [0.15, 0.2) is 6.61 Å². The van der Waals surface area contributed by atoms with Gasteiger partial charge in [-0.3, -0.25) is 13.9 Å². The number of sulfonamides is 1. The van der Waals surface area contributed by atoms with Crippen molar-refractivity contribution in [1.29, 1.82) is 0 Å². The summed E-state index contributed by atoms with van der Waals surface area (Å²) in [4.78, 5) is 25.0. The van der Waals surface area contributed by atoms with Gasteiger partial charge >= 0.3 is 0 Å². The van der Waals surface area contributed by atoms with Gasteiger partial charge in [-0.2, -0.15) is 5.10 Å². The molecule has 0 aliphatic carbocycles. The molecule has 2 amide bonds. The molecule has 4 rings (SSSR count). The summed E-state index contributed by atoms with van der Waals surface area (Å²) < 4.78 is 33.7. The predicted molar refractivity (Wildman–Crippen MR) is 168 cm³/mol. The summed E-state index contributed by atoms with van der Waals surface area (Å²) in [6.07, 6.45) is 2.18. The number of amides is 2. The Balaban J connectivity index is 1.31. The van der Waals surface area contributed by atoms with Crippen molar-refractivity contribution in [2.75, 3.05) is 24.0 Å². The highest BCUT2D eigenvalue weighted by Gasteiger charge is 2.28. The molecule has 0 saturated carbocycles. The molecule has 0 radical (unpaired) electrons. The van der Waals surface area contributed by atoms with Crippen molar-refractivity contribution in [2.45, 2.75) is 25.2 Å². The van der Waals surface area contributed by atoms with Gasteiger partial charge < -0.3 is 10.1 Å². The van der Waals surface area contributed by atoms with Crippen molar-refractivity contribution in [2.24, 2.45) is 5.10 Å². The Kier molecular flexibility index (Phi) is 10.7. The summed E-state index contributed by atoms with van der Waals surface area (Å²) >= 11 is 0. The molecule has 2 N–H and O–H groups in total. The molecule has 9 nitrogen and oxygen atoms in total. The number of nitrogens with zero attached hydrogens (tertiary/aromatic N) is 2. The summed E-state index contributed by atoms with van der Waals surface area (Å²) in [7, 11) is -4.02. The van der Waals surface area contributed by atoms with Gasteiger partial charge in [0.1, 0.15) is 12.3 Å². The highest BCUT2D eigenvalue weighted by atomic mass is 32.2. The Bertz CT molecular complexity index is 1660. The monoisotopic (exact) mass is 598 g/mol. The van der Waals surface area contributed by atoms with Gasteiger partial charge in [0.05, 0.1) is 16.8 Å². The van der Waals surface area contributed by atoms with Gasteiger partial charge in [-0.1, -0.05) is 60.7 Å². The van der Waals surface area contributed by atoms with Crippen LogP contribution in [0.5, 0.6) is 5.75 Å². The first-order valence-corrected chi connectivity index (χ1v) is 15.2. The third kappa shape index (κ3) is 8.76. The average molecular weight is 599 g/mol. The van der Waals surface area contributed by atoms with Crippen LogP contribution < -0.4 is 19.8 Å². The van der Waals surface area contributed by atoms with Crippen molar-refractivity contribution in [3.8, 4) is 5.75 Å². The Hall–Kier alpha value is -4.96. The second-order valence-corrected chi connectivity index (χ2v) is 11.6. The molecule has 0 aliphatic heterocycles. The van der Waals surface area contributed by atoms with E-state index in [1.807, 2.05) is 50.2 Å². The van der Waals surface area contributed by atoms with Gasteiger partial charge in [0, 0.05) is 6.54 Å². The molecular formula is C33H34N4O5S. The molecule has 0 fully saturated rings. The minimum absolute atomic E-state index is 0.0826. The fraction of sp³-hybridized carbons (Fsp3) is 0.182. The smallest absolute Gasteiger partial charge is 0.264 e. The number of aryl methyl sites for hydroxylation is 1. The molecule has 222 valence electrons. The lowest BCUT2D eigenvalue weighted by Crippen LogP contribution is -2.40. The van der Waals surface area contributed by atoms with Gasteiger partial charge in [-0.25, -0.2) is 13.8 Å². The summed E-state index contributed by atoms with van der Waals surface area (Å²) in [5.74, 6) is -0.307. The number of hydrogen-bond acceptors (Lipinski definition) is 6. The Morgan fingerprint density at radius 2 is 1.51 bits per heavy atom. The minimum atomic E-state index is -4.02. The van der Waals surface area contributed by atoms with E-state index in [-0.39, 0.29) is 17.4 Å². The molecule has 4 aromatic carbocycles. The number of ether oxygens (including phenoxy) is 1. The van der Waals surface area contributed by atoms with E-state index in [0.717, 1.165) is 27.4 Å². The van der Waals surface area contributed by atoms with Crippen LogP contribution in [-0.4, -0.2) is 46.1 Å². The van der Waals surface area contributed by atoms with E-state index in [4.69, 9.17) is 4.74 Å². The summed E-state index contributed by atoms with van der Waals surface area (Å²) in [5.41, 5.74) is 6.31. The highest BCUT2D eigenvalue weighted by molar-refractivity contribution is 7.92. The topological polar surface area (TPSA) is 117 Å². The number of hydrazone groups is 1. The fourth-order valence-electron chi connectivity index (χ4n) is 4.21. The van der Waals surface area contributed by atoms with Gasteiger partial charge in [0.25, 0.3) is 21.8 Å². The molecular weight excluding hydrogens is 564 g/mol. The van der Waals surface area contributed by atoms with E-state index in [0.29, 0.717) is 23.5 Å². The van der Waals surface area contributed by atoms with Crippen LogP contribution in [0.3, 0.4) is 0 Å². The number of anilines is 1. The maximum Gasteiger partial charge on any atom is 0.264 e. The van der Waals surface area contributed by atoms with Gasteiger partial charge in [-0.15, -0.1) is 0 Å². The van der Waals surface area contributed by atoms with Crippen molar-refractivity contribution in [3.63, 3.8) is 0 Å². The van der Waals surface area contributed by atoms with E-state index in [1.165, 1.54) is 18.3 Å². The maximum atomic E-state index is 13.5. The molecule has 0 spiro atoms. The van der Waals surface area contributed by atoms with E-state index in [2.05, 4.69) is 15.8 Å². The zero-order valence-electron chi connectivity index (χ0n) is 24.1. The van der Waals surface area contributed by atoms with Crippen LogP contribution in [0.1, 0.15) is 22.3 Å². The number of carbonyl (C=O) groups is 2. The van der Waals surface area contributed by atoms with Crippen molar-refractivity contribution in [1.82, 2.24) is 10.7 Å². The number of hydrogen-bond donors (Lipinski definition) is 2. The molecule has 0 saturated heterocycles. The SMILES string of the molecule is Cc1cccc(N(CC(=O)N/N=C/c2ccc(OCC(=O)NCCc3ccccc3)cc2)S(=O)(=O)c2ccccc2)c1C.